The van der Waals surface area contributed by atoms with Gasteiger partial charge in [0.25, 0.3) is 5.82 Å². The van der Waals surface area contributed by atoms with E-state index in [-0.39, 0.29) is 39.3 Å². The third-order valence-electron chi connectivity index (χ3n) is 4.05. The third-order valence-corrected chi connectivity index (χ3v) is 4.95. The van der Waals surface area contributed by atoms with E-state index < -0.39 is 22.0 Å². The molecule has 0 spiro atoms. The van der Waals surface area contributed by atoms with Gasteiger partial charge in [0.15, 0.2) is 23.1 Å². The van der Waals surface area contributed by atoms with Crippen LogP contribution in [0.4, 0.5) is 13.2 Å². The minimum Gasteiger partial charge on any atom is -0.493 e. The van der Waals surface area contributed by atoms with Crippen molar-refractivity contribution in [1.82, 2.24) is 19.7 Å². The number of hydrogen-bond donors (Lipinski definition) is 1. The standard InChI is InChI=1S/C17H16F3N5O5S/c1-28-11-6-9(7-12(29-2)14(11)30-3)15-23-16(17(18,19)20)24-25(15)13-5-4-10(8-22-13)31(21,26)27/h4-8H,1-3H3,(H2,21,26,27). The van der Waals surface area contributed by atoms with Gasteiger partial charge in [-0.3, -0.25) is 0 Å². The van der Waals surface area contributed by atoms with Crippen LogP contribution in [0.5, 0.6) is 17.2 Å². The Labute approximate surface area is 174 Å². The molecule has 14 heteroatoms. The first kappa shape index (κ1) is 22.3. The van der Waals surface area contributed by atoms with Gasteiger partial charge in [-0.25, -0.2) is 23.5 Å². The first-order chi connectivity index (χ1) is 14.5. The topological polar surface area (TPSA) is 131 Å². The second kappa shape index (κ2) is 8.03. The van der Waals surface area contributed by atoms with Crippen LogP contribution in [0, 0.1) is 0 Å². The summed E-state index contributed by atoms with van der Waals surface area (Å²) in [4.78, 5) is 7.14. The Balaban J connectivity index is 2.25. The summed E-state index contributed by atoms with van der Waals surface area (Å²) in [7, 11) is 0.0291. The number of ether oxygens (including phenoxy) is 3. The molecule has 1 aromatic carbocycles. The fraction of sp³-hybridized carbons (Fsp3) is 0.235. The highest BCUT2D eigenvalue weighted by molar-refractivity contribution is 7.89. The number of sulfonamides is 1. The number of primary sulfonamides is 1. The van der Waals surface area contributed by atoms with Crippen LogP contribution in [0.15, 0.2) is 35.4 Å². The Hall–Kier alpha value is -3.39. The number of benzene rings is 1. The monoisotopic (exact) mass is 459 g/mol. The molecule has 0 amide bonds. The van der Waals surface area contributed by atoms with E-state index in [1.807, 2.05) is 0 Å². The van der Waals surface area contributed by atoms with Crippen molar-refractivity contribution < 1.29 is 35.8 Å². The Kier molecular flexibility index (Phi) is 5.78. The molecular weight excluding hydrogens is 443 g/mol. The fourth-order valence-corrected chi connectivity index (χ4v) is 3.11. The summed E-state index contributed by atoms with van der Waals surface area (Å²) >= 11 is 0. The van der Waals surface area contributed by atoms with Gasteiger partial charge in [-0.2, -0.15) is 17.9 Å². The lowest BCUT2D eigenvalue weighted by atomic mass is 10.1. The van der Waals surface area contributed by atoms with Crippen LogP contribution >= 0.6 is 0 Å². The highest BCUT2D eigenvalue weighted by Gasteiger charge is 2.38. The summed E-state index contributed by atoms with van der Waals surface area (Å²) in [6.07, 6.45) is -3.94. The minimum absolute atomic E-state index is 0.126. The molecule has 2 aromatic heterocycles. The smallest absolute Gasteiger partial charge is 0.453 e. The molecule has 3 rings (SSSR count). The largest absolute Gasteiger partial charge is 0.493 e. The lowest BCUT2D eigenvalue weighted by Crippen LogP contribution is -2.13. The summed E-state index contributed by atoms with van der Waals surface area (Å²) in [5.41, 5.74) is 0.148. The van der Waals surface area contributed by atoms with Crippen molar-refractivity contribution in [3.05, 3.63) is 36.3 Å². The van der Waals surface area contributed by atoms with Gasteiger partial charge < -0.3 is 14.2 Å². The molecule has 0 atom stereocenters. The van der Waals surface area contributed by atoms with Crippen LogP contribution in [-0.4, -0.2) is 49.5 Å². The second-order valence-electron chi connectivity index (χ2n) is 5.98. The minimum atomic E-state index is -4.85. The molecule has 166 valence electrons. The number of nitrogens with two attached hydrogens (primary N) is 1. The molecule has 0 aliphatic rings. The molecule has 0 aliphatic carbocycles. The van der Waals surface area contributed by atoms with Gasteiger partial charge in [-0.05, 0) is 24.3 Å². The molecule has 0 unspecified atom stereocenters. The maximum absolute atomic E-state index is 13.3. The first-order valence-electron chi connectivity index (χ1n) is 8.33. The zero-order valence-corrected chi connectivity index (χ0v) is 17.2. The van der Waals surface area contributed by atoms with Gasteiger partial charge in [0.2, 0.25) is 15.8 Å². The van der Waals surface area contributed by atoms with E-state index in [9.17, 15) is 21.6 Å². The van der Waals surface area contributed by atoms with E-state index in [4.69, 9.17) is 19.3 Å². The Morgan fingerprint density at radius 2 is 1.65 bits per heavy atom. The summed E-state index contributed by atoms with van der Waals surface area (Å²) < 4.78 is 79.3. The van der Waals surface area contributed by atoms with Gasteiger partial charge in [0.1, 0.15) is 4.90 Å². The second-order valence-corrected chi connectivity index (χ2v) is 7.54. The predicted molar refractivity (Wildman–Crippen MR) is 101 cm³/mol. The molecular formula is C17H16F3N5O5S. The number of hydrogen-bond acceptors (Lipinski definition) is 8. The van der Waals surface area contributed by atoms with E-state index in [0.717, 1.165) is 23.0 Å². The molecule has 31 heavy (non-hydrogen) atoms. The normalized spacial score (nSPS) is 12.0. The molecule has 2 heterocycles. The summed E-state index contributed by atoms with van der Waals surface area (Å²) in [6, 6.07) is 5.02. The van der Waals surface area contributed by atoms with Gasteiger partial charge in [0, 0.05) is 11.8 Å². The molecule has 0 saturated carbocycles. The molecule has 2 N–H and O–H groups in total. The molecule has 0 bridgehead atoms. The maximum atomic E-state index is 13.3. The van der Waals surface area contributed by atoms with Crippen LogP contribution in [0.1, 0.15) is 5.82 Å². The van der Waals surface area contributed by atoms with Gasteiger partial charge in [-0.15, -0.1) is 5.10 Å². The molecule has 0 radical (unpaired) electrons. The lowest BCUT2D eigenvalue weighted by Gasteiger charge is -2.14. The first-order valence-corrected chi connectivity index (χ1v) is 9.88. The van der Waals surface area contributed by atoms with Crippen molar-refractivity contribution in [2.45, 2.75) is 11.1 Å². The van der Waals surface area contributed by atoms with E-state index in [0.29, 0.717) is 0 Å². The zero-order chi connectivity index (χ0) is 23.0. The van der Waals surface area contributed by atoms with Crippen LogP contribution in [0.25, 0.3) is 17.2 Å². The van der Waals surface area contributed by atoms with Crippen molar-refractivity contribution in [3.8, 4) is 34.5 Å². The molecule has 3 aromatic rings. The van der Waals surface area contributed by atoms with Crippen molar-refractivity contribution in [3.63, 3.8) is 0 Å². The lowest BCUT2D eigenvalue weighted by molar-refractivity contribution is -0.144. The van der Waals surface area contributed by atoms with E-state index in [1.54, 1.807) is 0 Å². The number of pyridine rings is 1. The molecule has 0 fully saturated rings. The quantitative estimate of drug-likeness (QED) is 0.592. The number of nitrogens with zero attached hydrogens (tertiary/aromatic N) is 4. The highest BCUT2D eigenvalue weighted by Crippen LogP contribution is 2.41. The summed E-state index contributed by atoms with van der Waals surface area (Å²) in [5, 5.41) is 8.53. The Morgan fingerprint density at radius 3 is 2.06 bits per heavy atom. The van der Waals surface area contributed by atoms with Gasteiger partial charge >= 0.3 is 6.18 Å². The van der Waals surface area contributed by atoms with Crippen LogP contribution in [0.3, 0.4) is 0 Å². The average molecular weight is 459 g/mol. The van der Waals surface area contributed by atoms with E-state index in [1.165, 1.54) is 33.5 Å². The van der Waals surface area contributed by atoms with Gasteiger partial charge in [-0.1, -0.05) is 0 Å². The molecule has 0 saturated heterocycles. The Morgan fingerprint density at radius 1 is 1.03 bits per heavy atom. The molecule has 10 nitrogen and oxygen atoms in total. The van der Waals surface area contributed by atoms with Crippen molar-refractivity contribution in [1.29, 1.82) is 0 Å². The SMILES string of the molecule is COc1cc(-c2nc(C(F)(F)F)nn2-c2ccc(S(N)(=O)=O)cn2)cc(OC)c1OC. The number of halogens is 3. The van der Waals surface area contributed by atoms with Gasteiger partial charge in [0.05, 0.1) is 21.3 Å². The number of methoxy groups -OCH3 is 3. The van der Waals surface area contributed by atoms with Crippen LogP contribution in [0.2, 0.25) is 0 Å². The maximum Gasteiger partial charge on any atom is 0.453 e. The summed E-state index contributed by atoms with van der Waals surface area (Å²) in [6.45, 7) is 0. The number of aromatic nitrogens is 4. The number of rotatable bonds is 6. The third kappa shape index (κ3) is 4.39. The Bertz CT molecular complexity index is 1180. The zero-order valence-electron chi connectivity index (χ0n) is 16.3. The van der Waals surface area contributed by atoms with Crippen molar-refractivity contribution in [2.75, 3.05) is 21.3 Å². The van der Waals surface area contributed by atoms with E-state index in [2.05, 4.69) is 15.1 Å². The van der Waals surface area contributed by atoms with Crippen LogP contribution < -0.4 is 19.3 Å². The number of alkyl halides is 3. The average Bonchev–Trinajstić information content (AvgIpc) is 3.18. The van der Waals surface area contributed by atoms with Crippen molar-refractivity contribution >= 4 is 10.0 Å². The predicted octanol–water partition coefficient (Wildman–Crippen LogP) is 2.02. The van der Waals surface area contributed by atoms with E-state index >= 15 is 0 Å². The van der Waals surface area contributed by atoms with Crippen LogP contribution in [-0.2, 0) is 16.2 Å². The van der Waals surface area contributed by atoms with Crippen molar-refractivity contribution in [2.24, 2.45) is 5.14 Å². The molecule has 0 aliphatic heterocycles. The summed E-state index contributed by atoms with van der Waals surface area (Å²) in [5.74, 6) is -1.21. The fourth-order valence-electron chi connectivity index (χ4n) is 2.66. The highest BCUT2D eigenvalue weighted by atomic mass is 32.2.